The first kappa shape index (κ1) is 13.9. The summed E-state index contributed by atoms with van der Waals surface area (Å²) in [6.07, 6.45) is 7.69. The lowest BCUT2D eigenvalue weighted by molar-refractivity contribution is -0.132. The molecule has 3 aliphatic rings. The number of fused-ring (bicyclic) bond motifs is 1. The lowest BCUT2D eigenvalue weighted by Crippen LogP contribution is -2.32. The third-order valence-corrected chi connectivity index (χ3v) is 5.01. The minimum absolute atomic E-state index is 0.0990. The minimum atomic E-state index is 0.0990. The fourth-order valence-corrected chi connectivity index (χ4v) is 3.90. The number of rotatable bonds is 3. The van der Waals surface area contributed by atoms with Crippen molar-refractivity contribution in [1.82, 2.24) is 14.9 Å². The van der Waals surface area contributed by atoms with Crippen molar-refractivity contribution in [2.45, 2.75) is 37.9 Å². The van der Waals surface area contributed by atoms with Gasteiger partial charge in [-0.15, -0.1) is 0 Å². The molecule has 118 valence electrons. The second-order valence-corrected chi connectivity index (χ2v) is 6.54. The molecule has 22 heavy (non-hydrogen) atoms. The maximum atomic E-state index is 12.2. The predicted molar refractivity (Wildman–Crippen MR) is 81.4 cm³/mol. The van der Waals surface area contributed by atoms with E-state index in [0.717, 1.165) is 51.4 Å². The smallest absolute Gasteiger partial charge is 0.225 e. The maximum Gasteiger partial charge on any atom is 0.225 e. The lowest BCUT2D eigenvalue weighted by atomic mass is 10.0. The second-order valence-electron chi connectivity index (χ2n) is 6.54. The van der Waals surface area contributed by atoms with Crippen molar-refractivity contribution in [3.05, 3.63) is 18.5 Å². The number of hydrogen-bond acceptors (Lipinski definition) is 5. The molecule has 6 nitrogen and oxygen atoms in total. The molecule has 1 aromatic rings. The Morgan fingerprint density at radius 1 is 1.23 bits per heavy atom. The van der Waals surface area contributed by atoms with Crippen molar-refractivity contribution < 1.29 is 9.53 Å². The van der Waals surface area contributed by atoms with Gasteiger partial charge in [-0.05, 0) is 25.3 Å². The van der Waals surface area contributed by atoms with Crippen molar-refractivity contribution in [1.29, 1.82) is 0 Å². The highest BCUT2D eigenvalue weighted by atomic mass is 16.5. The number of nitrogens with zero attached hydrogens (tertiary/aromatic N) is 4. The Morgan fingerprint density at radius 3 is 2.73 bits per heavy atom. The van der Waals surface area contributed by atoms with E-state index < -0.39 is 0 Å². The number of carbonyl (C=O) groups excluding carboxylic acids is 1. The number of likely N-dealkylation sites (tertiary alicyclic amines) is 1. The zero-order valence-corrected chi connectivity index (χ0v) is 12.7. The SMILES string of the molecule is O=C(C[C@@H]1C[C@@H]2CN(c3ncccn3)C[C@@H]2O1)N1CCCC1. The summed E-state index contributed by atoms with van der Waals surface area (Å²) in [5.41, 5.74) is 0. The molecule has 0 bridgehead atoms. The first-order valence-corrected chi connectivity index (χ1v) is 8.25. The van der Waals surface area contributed by atoms with E-state index in [1.807, 2.05) is 11.0 Å². The summed E-state index contributed by atoms with van der Waals surface area (Å²) < 4.78 is 6.12. The van der Waals surface area contributed by atoms with E-state index in [1.165, 1.54) is 0 Å². The zero-order valence-electron chi connectivity index (χ0n) is 12.7. The van der Waals surface area contributed by atoms with Crippen molar-refractivity contribution in [2.75, 3.05) is 31.1 Å². The van der Waals surface area contributed by atoms with Gasteiger partial charge in [-0.2, -0.15) is 0 Å². The first-order chi connectivity index (χ1) is 10.8. The summed E-state index contributed by atoms with van der Waals surface area (Å²) in [6, 6.07) is 1.83. The van der Waals surface area contributed by atoms with E-state index >= 15 is 0 Å². The van der Waals surface area contributed by atoms with Crippen molar-refractivity contribution in [3.63, 3.8) is 0 Å². The van der Waals surface area contributed by atoms with Gasteiger partial charge < -0.3 is 14.5 Å². The molecule has 0 radical (unpaired) electrons. The fraction of sp³-hybridized carbons (Fsp3) is 0.688. The summed E-state index contributed by atoms with van der Waals surface area (Å²) in [6.45, 7) is 3.63. The Balaban J connectivity index is 1.31. The van der Waals surface area contributed by atoms with Crippen LogP contribution in [-0.4, -0.2) is 59.2 Å². The highest BCUT2D eigenvalue weighted by Gasteiger charge is 2.43. The summed E-state index contributed by atoms with van der Waals surface area (Å²) in [5.74, 6) is 1.55. The Kier molecular flexibility index (Phi) is 3.70. The summed E-state index contributed by atoms with van der Waals surface area (Å²) in [4.78, 5) is 25.0. The molecule has 3 saturated heterocycles. The van der Waals surface area contributed by atoms with Gasteiger partial charge in [0, 0.05) is 44.5 Å². The number of hydrogen-bond donors (Lipinski definition) is 0. The van der Waals surface area contributed by atoms with Crippen LogP contribution < -0.4 is 4.90 Å². The number of carbonyl (C=O) groups is 1. The van der Waals surface area contributed by atoms with Crippen LogP contribution in [0.5, 0.6) is 0 Å². The van der Waals surface area contributed by atoms with Crippen molar-refractivity contribution >= 4 is 11.9 Å². The number of anilines is 1. The predicted octanol–water partition coefficient (Wildman–Crippen LogP) is 1.08. The average Bonchev–Trinajstić information content (AvgIpc) is 3.23. The van der Waals surface area contributed by atoms with Gasteiger partial charge in [-0.3, -0.25) is 4.79 Å². The van der Waals surface area contributed by atoms with Gasteiger partial charge in [0.2, 0.25) is 11.9 Å². The molecule has 1 aromatic heterocycles. The minimum Gasteiger partial charge on any atom is -0.372 e. The molecule has 1 amide bonds. The third kappa shape index (κ3) is 2.67. The topological polar surface area (TPSA) is 58.6 Å². The Labute approximate surface area is 130 Å². The van der Waals surface area contributed by atoms with E-state index in [-0.39, 0.29) is 18.1 Å². The third-order valence-electron chi connectivity index (χ3n) is 5.01. The van der Waals surface area contributed by atoms with Crippen LogP contribution in [0.25, 0.3) is 0 Å². The molecule has 0 aromatic carbocycles. The molecule has 4 heterocycles. The molecule has 0 N–H and O–H groups in total. The molecule has 4 rings (SSSR count). The highest BCUT2D eigenvalue weighted by molar-refractivity contribution is 5.77. The Morgan fingerprint density at radius 2 is 2.00 bits per heavy atom. The van der Waals surface area contributed by atoms with Crippen LogP contribution in [0.1, 0.15) is 25.7 Å². The molecular weight excluding hydrogens is 280 g/mol. The lowest BCUT2D eigenvalue weighted by Gasteiger charge is -2.21. The second kappa shape index (κ2) is 5.83. The van der Waals surface area contributed by atoms with Crippen molar-refractivity contribution in [3.8, 4) is 0 Å². The monoisotopic (exact) mass is 302 g/mol. The standard InChI is InChI=1S/C16H22N4O2/c21-15(19-6-1-2-7-19)9-13-8-12-10-20(11-14(12)22-13)16-17-4-3-5-18-16/h3-5,12-14H,1-2,6-11H2/t12-,13+,14+/m1/s1. The quantitative estimate of drug-likeness (QED) is 0.836. The highest BCUT2D eigenvalue weighted by Crippen LogP contribution is 2.35. The van der Waals surface area contributed by atoms with Crippen LogP contribution in [-0.2, 0) is 9.53 Å². The Hall–Kier alpha value is -1.69. The molecule has 0 saturated carbocycles. The van der Waals surface area contributed by atoms with Gasteiger partial charge in [-0.1, -0.05) is 0 Å². The van der Waals surface area contributed by atoms with E-state index in [1.54, 1.807) is 12.4 Å². The first-order valence-electron chi connectivity index (χ1n) is 8.25. The van der Waals surface area contributed by atoms with Gasteiger partial charge in [0.05, 0.1) is 18.6 Å². The van der Waals surface area contributed by atoms with E-state index in [4.69, 9.17) is 4.74 Å². The van der Waals surface area contributed by atoms with Gasteiger partial charge in [0.1, 0.15) is 0 Å². The fourth-order valence-electron chi connectivity index (χ4n) is 3.90. The molecule has 3 fully saturated rings. The van der Waals surface area contributed by atoms with Gasteiger partial charge in [0.15, 0.2) is 0 Å². The van der Waals surface area contributed by atoms with Crippen LogP contribution in [0.2, 0.25) is 0 Å². The number of aromatic nitrogens is 2. The van der Waals surface area contributed by atoms with Gasteiger partial charge >= 0.3 is 0 Å². The summed E-state index contributed by atoms with van der Waals surface area (Å²) in [7, 11) is 0. The van der Waals surface area contributed by atoms with E-state index in [2.05, 4.69) is 14.9 Å². The summed E-state index contributed by atoms with van der Waals surface area (Å²) >= 11 is 0. The number of amides is 1. The van der Waals surface area contributed by atoms with Crippen LogP contribution in [0, 0.1) is 5.92 Å². The van der Waals surface area contributed by atoms with Crippen molar-refractivity contribution in [2.24, 2.45) is 5.92 Å². The molecule has 0 spiro atoms. The average molecular weight is 302 g/mol. The normalized spacial score (nSPS) is 30.8. The van der Waals surface area contributed by atoms with Crippen LogP contribution in [0.3, 0.4) is 0 Å². The molecule has 3 atom stereocenters. The van der Waals surface area contributed by atoms with E-state index in [0.29, 0.717) is 12.3 Å². The van der Waals surface area contributed by atoms with Crippen LogP contribution in [0.15, 0.2) is 18.5 Å². The molecule has 0 aliphatic carbocycles. The molecule has 6 heteroatoms. The van der Waals surface area contributed by atoms with Crippen LogP contribution >= 0.6 is 0 Å². The summed E-state index contributed by atoms with van der Waals surface area (Å²) in [5, 5.41) is 0. The van der Waals surface area contributed by atoms with Gasteiger partial charge in [0.25, 0.3) is 0 Å². The molecule has 3 aliphatic heterocycles. The Bertz CT molecular complexity index is 518. The largest absolute Gasteiger partial charge is 0.372 e. The van der Waals surface area contributed by atoms with Crippen LogP contribution in [0.4, 0.5) is 5.95 Å². The molecular formula is C16H22N4O2. The molecule has 0 unspecified atom stereocenters. The number of ether oxygens (including phenoxy) is 1. The van der Waals surface area contributed by atoms with Gasteiger partial charge in [-0.25, -0.2) is 9.97 Å². The van der Waals surface area contributed by atoms with E-state index in [9.17, 15) is 4.79 Å². The maximum absolute atomic E-state index is 12.2. The zero-order chi connectivity index (χ0) is 14.9.